The molecule has 0 aromatic rings. The number of hydrogen-bond acceptors (Lipinski definition) is 1. The van der Waals surface area contributed by atoms with Crippen molar-refractivity contribution in [3.8, 4) is 0 Å². The van der Waals surface area contributed by atoms with Crippen molar-refractivity contribution in [3.63, 3.8) is 0 Å². The van der Waals surface area contributed by atoms with Crippen LogP contribution < -0.4 is 5.32 Å². The molecule has 0 aromatic heterocycles. The first-order valence-corrected chi connectivity index (χ1v) is 8.96. The van der Waals surface area contributed by atoms with Crippen molar-refractivity contribution in [3.05, 3.63) is 0 Å². The predicted octanol–water partition coefficient (Wildman–Crippen LogP) is 5.15. The fourth-order valence-corrected chi connectivity index (χ4v) is 4.42. The highest BCUT2D eigenvalue weighted by Gasteiger charge is 2.29. The Bertz CT molecular complexity index is 248. The van der Waals surface area contributed by atoms with Gasteiger partial charge in [0.2, 0.25) is 0 Å². The Hall–Kier alpha value is -0.0400. The lowest BCUT2D eigenvalue weighted by Crippen LogP contribution is -2.45. The summed E-state index contributed by atoms with van der Waals surface area (Å²) in [5.41, 5.74) is 0. The molecule has 0 aliphatic heterocycles. The van der Waals surface area contributed by atoms with E-state index in [0.717, 1.165) is 29.8 Å². The largest absolute Gasteiger partial charge is 0.311 e. The van der Waals surface area contributed by atoms with Crippen molar-refractivity contribution in [1.29, 1.82) is 0 Å². The monoisotopic (exact) mass is 265 g/mol. The van der Waals surface area contributed by atoms with E-state index in [-0.39, 0.29) is 0 Å². The van der Waals surface area contributed by atoms with Crippen LogP contribution in [0.25, 0.3) is 0 Å². The van der Waals surface area contributed by atoms with Crippen LogP contribution in [0.5, 0.6) is 0 Å². The predicted molar refractivity (Wildman–Crippen MR) is 84.4 cm³/mol. The molecule has 19 heavy (non-hydrogen) atoms. The fraction of sp³-hybridized carbons (Fsp3) is 1.00. The van der Waals surface area contributed by atoms with Crippen molar-refractivity contribution in [1.82, 2.24) is 5.32 Å². The van der Waals surface area contributed by atoms with Crippen LogP contribution in [0.4, 0.5) is 0 Å². The summed E-state index contributed by atoms with van der Waals surface area (Å²) >= 11 is 0. The van der Waals surface area contributed by atoms with E-state index in [4.69, 9.17) is 0 Å². The Morgan fingerprint density at radius 3 is 2.42 bits per heavy atom. The summed E-state index contributed by atoms with van der Waals surface area (Å²) in [4.78, 5) is 0. The number of rotatable bonds is 4. The number of hydrogen-bond donors (Lipinski definition) is 1. The Balaban J connectivity index is 1.84. The minimum atomic E-state index is 0.817. The van der Waals surface area contributed by atoms with Gasteiger partial charge in [-0.05, 0) is 49.9 Å². The molecule has 1 heteroatoms. The molecule has 0 amide bonds. The van der Waals surface area contributed by atoms with Crippen LogP contribution in [0.1, 0.15) is 85.0 Å². The van der Waals surface area contributed by atoms with Crippen LogP contribution in [0.2, 0.25) is 0 Å². The molecule has 112 valence electrons. The molecule has 1 nitrogen and oxygen atoms in total. The molecular formula is C18H35N. The third-order valence-electron chi connectivity index (χ3n) is 5.79. The zero-order valence-corrected chi connectivity index (χ0v) is 13.5. The zero-order valence-electron chi connectivity index (χ0n) is 13.5. The maximum Gasteiger partial charge on any atom is 0.0100 e. The Labute approximate surface area is 120 Å². The van der Waals surface area contributed by atoms with Crippen LogP contribution >= 0.6 is 0 Å². The van der Waals surface area contributed by atoms with Gasteiger partial charge in [-0.2, -0.15) is 0 Å². The number of nitrogens with one attached hydrogen (secondary N) is 1. The molecule has 2 fully saturated rings. The molecule has 0 aromatic carbocycles. The minimum Gasteiger partial charge on any atom is -0.311 e. The van der Waals surface area contributed by atoms with Crippen molar-refractivity contribution < 1.29 is 0 Å². The van der Waals surface area contributed by atoms with Crippen LogP contribution in [-0.2, 0) is 0 Å². The molecule has 2 aliphatic carbocycles. The van der Waals surface area contributed by atoms with Gasteiger partial charge in [0.1, 0.15) is 0 Å². The molecule has 0 bridgehead atoms. The molecule has 0 heterocycles. The van der Waals surface area contributed by atoms with Gasteiger partial charge >= 0.3 is 0 Å². The quantitative estimate of drug-likeness (QED) is 0.693. The van der Waals surface area contributed by atoms with Crippen molar-refractivity contribution in [2.45, 2.75) is 97.1 Å². The van der Waals surface area contributed by atoms with Gasteiger partial charge in [-0.1, -0.05) is 52.9 Å². The first-order valence-electron chi connectivity index (χ1n) is 8.96. The lowest BCUT2D eigenvalue weighted by molar-refractivity contribution is 0.187. The van der Waals surface area contributed by atoms with Crippen LogP contribution in [0, 0.1) is 17.8 Å². The summed E-state index contributed by atoms with van der Waals surface area (Å²) in [6.07, 6.45) is 14.4. The van der Waals surface area contributed by atoms with Crippen LogP contribution in [0.15, 0.2) is 0 Å². The van der Waals surface area contributed by atoms with Crippen LogP contribution in [-0.4, -0.2) is 12.1 Å². The first-order chi connectivity index (χ1) is 9.20. The SMILES string of the molecule is CCC1CCCC(NC2CCCCC2C(C)C)CC1. The summed E-state index contributed by atoms with van der Waals surface area (Å²) in [6, 6.07) is 1.64. The normalized spacial score (nSPS) is 37.3. The summed E-state index contributed by atoms with van der Waals surface area (Å²) in [7, 11) is 0. The maximum atomic E-state index is 4.07. The first kappa shape index (κ1) is 15.4. The van der Waals surface area contributed by atoms with E-state index >= 15 is 0 Å². The molecule has 2 rings (SSSR count). The van der Waals surface area contributed by atoms with Gasteiger partial charge in [-0.3, -0.25) is 0 Å². The molecule has 4 atom stereocenters. The lowest BCUT2D eigenvalue weighted by Gasteiger charge is -2.37. The molecule has 4 unspecified atom stereocenters. The Kier molecular flexibility index (Phi) is 6.19. The molecule has 2 saturated carbocycles. The average Bonchev–Trinajstić information content (AvgIpc) is 2.64. The van der Waals surface area contributed by atoms with Gasteiger partial charge in [-0.15, -0.1) is 0 Å². The zero-order chi connectivity index (χ0) is 13.7. The summed E-state index contributed by atoms with van der Waals surface area (Å²) < 4.78 is 0. The molecule has 2 aliphatic rings. The van der Waals surface area contributed by atoms with Gasteiger partial charge in [0.15, 0.2) is 0 Å². The van der Waals surface area contributed by atoms with E-state index in [1.165, 1.54) is 64.2 Å². The van der Waals surface area contributed by atoms with Gasteiger partial charge in [-0.25, -0.2) is 0 Å². The van der Waals surface area contributed by atoms with E-state index in [9.17, 15) is 0 Å². The van der Waals surface area contributed by atoms with Gasteiger partial charge in [0.05, 0.1) is 0 Å². The molecular weight excluding hydrogens is 230 g/mol. The molecule has 0 radical (unpaired) electrons. The van der Waals surface area contributed by atoms with Crippen molar-refractivity contribution in [2.75, 3.05) is 0 Å². The topological polar surface area (TPSA) is 12.0 Å². The van der Waals surface area contributed by atoms with E-state index in [1.54, 1.807) is 0 Å². The smallest absolute Gasteiger partial charge is 0.0100 e. The van der Waals surface area contributed by atoms with Crippen molar-refractivity contribution >= 4 is 0 Å². The van der Waals surface area contributed by atoms with E-state index in [1.807, 2.05) is 0 Å². The minimum absolute atomic E-state index is 0.817. The summed E-state index contributed by atoms with van der Waals surface area (Å²) in [5, 5.41) is 4.07. The molecule has 1 N–H and O–H groups in total. The maximum absolute atomic E-state index is 4.07. The fourth-order valence-electron chi connectivity index (χ4n) is 4.42. The Morgan fingerprint density at radius 1 is 0.895 bits per heavy atom. The van der Waals surface area contributed by atoms with Gasteiger partial charge in [0.25, 0.3) is 0 Å². The highest BCUT2D eigenvalue weighted by molar-refractivity contribution is 4.86. The van der Waals surface area contributed by atoms with Gasteiger partial charge in [0, 0.05) is 12.1 Å². The average molecular weight is 265 g/mol. The van der Waals surface area contributed by atoms with Gasteiger partial charge < -0.3 is 5.32 Å². The molecule has 0 spiro atoms. The second kappa shape index (κ2) is 7.67. The second-order valence-electron chi connectivity index (χ2n) is 7.44. The Morgan fingerprint density at radius 2 is 1.68 bits per heavy atom. The van der Waals surface area contributed by atoms with E-state index in [0.29, 0.717) is 0 Å². The third kappa shape index (κ3) is 4.48. The van der Waals surface area contributed by atoms with Crippen LogP contribution in [0.3, 0.4) is 0 Å². The van der Waals surface area contributed by atoms with E-state index < -0.39 is 0 Å². The lowest BCUT2D eigenvalue weighted by atomic mass is 9.77. The highest BCUT2D eigenvalue weighted by Crippen LogP contribution is 2.32. The molecule has 0 saturated heterocycles. The highest BCUT2D eigenvalue weighted by atomic mass is 15.0. The second-order valence-corrected chi connectivity index (χ2v) is 7.44. The summed E-state index contributed by atoms with van der Waals surface area (Å²) in [6.45, 7) is 7.21. The third-order valence-corrected chi connectivity index (χ3v) is 5.79. The standard InChI is InChI=1S/C18H35N/c1-4-15-8-7-9-16(13-12-15)19-18-11-6-5-10-17(18)14(2)3/h14-19H,4-13H2,1-3H3. The van der Waals surface area contributed by atoms with E-state index in [2.05, 4.69) is 26.1 Å². The van der Waals surface area contributed by atoms with Crippen molar-refractivity contribution in [2.24, 2.45) is 17.8 Å². The summed E-state index contributed by atoms with van der Waals surface area (Å²) in [5.74, 6) is 2.80.